The number of carbonyl (C=O) groups is 1. The molecular formula is C8H15NO2. The van der Waals surface area contributed by atoms with Crippen LogP contribution < -0.4 is 0 Å². The van der Waals surface area contributed by atoms with Gasteiger partial charge in [0.2, 0.25) is 0 Å². The standard InChI is InChI=1S/C8H15NO2/c1-8-7-9(4-5-10)3-2-6-11-8/h5,8H,2-4,6-7H2,1H3. The van der Waals surface area contributed by atoms with Gasteiger partial charge < -0.3 is 9.53 Å². The minimum absolute atomic E-state index is 0.275. The first-order chi connectivity index (χ1) is 5.33. The first-order valence-corrected chi connectivity index (χ1v) is 4.10. The summed E-state index contributed by atoms with van der Waals surface area (Å²) >= 11 is 0. The molecule has 1 unspecified atom stereocenters. The Bertz CT molecular complexity index is 127. The third-order valence-electron chi connectivity index (χ3n) is 1.87. The molecule has 3 nitrogen and oxygen atoms in total. The van der Waals surface area contributed by atoms with Crippen LogP contribution in [0.3, 0.4) is 0 Å². The molecular weight excluding hydrogens is 142 g/mol. The zero-order valence-electron chi connectivity index (χ0n) is 6.95. The minimum atomic E-state index is 0.275. The SMILES string of the molecule is CC1CN(CC=O)CCCO1. The van der Waals surface area contributed by atoms with Crippen molar-refractivity contribution in [3.05, 3.63) is 0 Å². The fraction of sp³-hybridized carbons (Fsp3) is 0.875. The van der Waals surface area contributed by atoms with E-state index < -0.39 is 0 Å². The summed E-state index contributed by atoms with van der Waals surface area (Å²) in [6, 6.07) is 0. The van der Waals surface area contributed by atoms with Crippen LogP contribution >= 0.6 is 0 Å². The molecule has 1 saturated heterocycles. The van der Waals surface area contributed by atoms with Gasteiger partial charge in [-0.3, -0.25) is 4.90 Å². The Morgan fingerprint density at radius 2 is 2.55 bits per heavy atom. The number of aldehydes is 1. The van der Waals surface area contributed by atoms with Crippen LogP contribution in [0.25, 0.3) is 0 Å². The molecule has 1 aliphatic rings. The normalized spacial score (nSPS) is 27.9. The monoisotopic (exact) mass is 157 g/mol. The highest BCUT2D eigenvalue weighted by Gasteiger charge is 2.13. The Balaban J connectivity index is 2.32. The zero-order valence-corrected chi connectivity index (χ0v) is 6.95. The molecule has 1 aliphatic heterocycles. The molecule has 0 spiro atoms. The maximum Gasteiger partial charge on any atom is 0.133 e. The predicted molar refractivity (Wildman–Crippen MR) is 42.5 cm³/mol. The van der Waals surface area contributed by atoms with Crippen LogP contribution in [0, 0.1) is 0 Å². The van der Waals surface area contributed by atoms with Crippen molar-refractivity contribution in [3.8, 4) is 0 Å². The molecule has 0 aromatic heterocycles. The van der Waals surface area contributed by atoms with Crippen LogP contribution in [-0.4, -0.2) is 43.5 Å². The van der Waals surface area contributed by atoms with E-state index in [-0.39, 0.29) is 6.10 Å². The van der Waals surface area contributed by atoms with Crippen LogP contribution in [0.5, 0.6) is 0 Å². The summed E-state index contributed by atoms with van der Waals surface area (Å²) in [6.07, 6.45) is 2.27. The van der Waals surface area contributed by atoms with Crippen molar-refractivity contribution in [2.75, 3.05) is 26.2 Å². The molecule has 0 aliphatic carbocycles. The average Bonchev–Trinajstić information content (AvgIpc) is 2.15. The van der Waals surface area contributed by atoms with Crippen molar-refractivity contribution < 1.29 is 9.53 Å². The van der Waals surface area contributed by atoms with Gasteiger partial charge in [0.05, 0.1) is 12.6 Å². The van der Waals surface area contributed by atoms with Gasteiger partial charge in [-0.2, -0.15) is 0 Å². The van der Waals surface area contributed by atoms with Crippen LogP contribution in [0.4, 0.5) is 0 Å². The molecule has 0 radical (unpaired) electrons. The number of hydrogen-bond acceptors (Lipinski definition) is 3. The van der Waals surface area contributed by atoms with E-state index in [1.54, 1.807) is 0 Å². The van der Waals surface area contributed by atoms with Gasteiger partial charge in [-0.25, -0.2) is 0 Å². The van der Waals surface area contributed by atoms with Crippen LogP contribution in [0.2, 0.25) is 0 Å². The lowest BCUT2D eigenvalue weighted by Crippen LogP contribution is -2.31. The van der Waals surface area contributed by atoms with Crippen molar-refractivity contribution in [1.29, 1.82) is 0 Å². The Hall–Kier alpha value is -0.410. The highest BCUT2D eigenvalue weighted by molar-refractivity contribution is 5.51. The molecule has 1 atom stereocenters. The van der Waals surface area contributed by atoms with Gasteiger partial charge in [0.15, 0.2) is 0 Å². The van der Waals surface area contributed by atoms with E-state index >= 15 is 0 Å². The lowest BCUT2D eigenvalue weighted by atomic mass is 10.3. The van der Waals surface area contributed by atoms with E-state index in [4.69, 9.17) is 4.74 Å². The highest BCUT2D eigenvalue weighted by Crippen LogP contribution is 2.03. The molecule has 64 valence electrons. The van der Waals surface area contributed by atoms with Gasteiger partial charge in [0.1, 0.15) is 6.29 Å². The molecule has 0 N–H and O–H groups in total. The zero-order chi connectivity index (χ0) is 8.10. The summed E-state index contributed by atoms with van der Waals surface area (Å²) in [5.74, 6) is 0. The fourth-order valence-corrected chi connectivity index (χ4v) is 1.35. The molecule has 1 rings (SSSR count). The number of ether oxygens (including phenoxy) is 1. The topological polar surface area (TPSA) is 29.5 Å². The van der Waals surface area contributed by atoms with Gasteiger partial charge in [-0.05, 0) is 13.3 Å². The van der Waals surface area contributed by atoms with Crippen LogP contribution in [-0.2, 0) is 9.53 Å². The second kappa shape index (κ2) is 4.46. The predicted octanol–water partition coefficient (Wildman–Crippen LogP) is 0.296. The maximum absolute atomic E-state index is 10.2. The summed E-state index contributed by atoms with van der Waals surface area (Å²) in [5.41, 5.74) is 0. The van der Waals surface area contributed by atoms with Crippen molar-refractivity contribution in [1.82, 2.24) is 4.90 Å². The van der Waals surface area contributed by atoms with Gasteiger partial charge in [-0.1, -0.05) is 0 Å². The first-order valence-electron chi connectivity index (χ1n) is 4.10. The van der Waals surface area contributed by atoms with Crippen molar-refractivity contribution in [3.63, 3.8) is 0 Å². The molecule has 0 aromatic carbocycles. The average molecular weight is 157 g/mol. The fourth-order valence-electron chi connectivity index (χ4n) is 1.35. The Labute approximate surface area is 67.3 Å². The number of hydrogen-bond donors (Lipinski definition) is 0. The van der Waals surface area contributed by atoms with E-state index in [2.05, 4.69) is 4.90 Å². The van der Waals surface area contributed by atoms with Crippen molar-refractivity contribution in [2.45, 2.75) is 19.4 Å². The van der Waals surface area contributed by atoms with E-state index in [0.29, 0.717) is 6.54 Å². The van der Waals surface area contributed by atoms with E-state index in [1.165, 1.54) is 0 Å². The summed E-state index contributed by atoms with van der Waals surface area (Å²) in [6.45, 7) is 5.30. The van der Waals surface area contributed by atoms with Gasteiger partial charge in [-0.15, -0.1) is 0 Å². The van der Waals surface area contributed by atoms with Gasteiger partial charge in [0, 0.05) is 19.7 Å². The summed E-state index contributed by atoms with van der Waals surface area (Å²) in [4.78, 5) is 12.3. The summed E-state index contributed by atoms with van der Waals surface area (Å²) in [5, 5.41) is 0. The van der Waals surface area contributed by atoms with E-state index in [0.717, 1.165) is 32.4 Å². The third-order valence-corrected chi connectivity index (χ3v) is 1.87. The molecule has 1 heterocycles. The van der Waals surface area contributed by atoms with E-state index in [9.17, 15) is 4.79 Å². The molecule has 0 amide bonds. The molecule has 11 heavy (non-hydrogen) atoms. The highest BCUT2D eigenvalue weighted by atomic mass is 16.5. The quantitative estimate of drug-likeness (QED) is 0.540. The molecule has 0 aromatic rings. The molecule has 0 saturated carbocycles. The number of carbonyl (C=O) groups excluding carboxylic acids is 1. The largest absolute Gasteiger partial charge is 0.377 e. The second-order valence-electron chi connectivity index (χ2n) is 2.96. The summed E-state index contributed by atoms with van der Waals surface area (Å²) < 4.78 is 5.42. The lowest BCUT2D eigenvalue weighted by molar-refractivity contribution is -0.109. The Morgan fingerprint density at radius 1 is 1.73 bits per heavy atom. The van der Waals surface area contributed by atoms with Crippen molar-refractivity contribution >= 4 is 6.29 Å². The minimum Gasteiger partial charge on any atom is -0.377 e. The molecule has 1 fully saturated rings. The first kappa shape index (κ1) is 8.68. The second-order valence-corrected chi connectivity index (χ2v) is 2.96. The van der Waals surface area contributed by atoms with E-state index in [1.807, 2.05) is 6.92 Å². The smallest absolute Gasteiger partial charge is 0.133 e. The third kappa shape index (κ3) is 2.99. The Kier molecular flexibility index (Phi) is 3.52. The van der Waals surface area contributed by atoms with Gasteiger partial charge in [0.25, 0.3) is 0 Å². The maximum atomic E-state index is 10.2. The van der Waals surface area contributed by atoms with Gasteiger partial charge >= 0.3 is 0 Å². The molecule has 0 bridgehead atoms. The number of rotatable bonds is 2. The van der Waals surface area contributed by atoms with Crippen LogP contribution in [0.15, 0.2) is 0 Å². The van der Waals surface area contributed by atoms with Crippen LogP contribution in [0.1, 0.15) is 13.3 Å². The lowest BCUT2D eigenvalue weighted by Gasteiger charge is -2.18. The van der Waals surface area contributed by atoms with Crippen molar-refractivity contribution in [2.24, 2.45) is 0 Å². The number of nitrogens with zero attached hydrogens (tertiary/aromatic N) is 1. The molecule has 3 heteroatoms. The Morgan fingerprint density at radius 3 is 3.27 bits per heavy atom. The summed E-state index contributed by atoms with van der Waals surface area (Å²) in [7, 11) is 0.